The minimum atomic E-state index is 0.858. The molecule has 0 N–H and O–H groups in total. The second-order valence-electron chi connectivity index (χ2n) is 19.9. The predicted octanol–water partition coefficient (Wildman–Crippen LogP) is 21.0. The first-order valence-corrected chi connectivity index (χ1v) is 26.0. The normalized spacial score (nSPS) is 11.9. The summed E-state index contributed by atoms with van der Waals surface area (Å²) in [5.41, 5.74) is 12.2. The summed E-state index contributed by atoms with van der Waals surface area (Å²) in [4.78, 5) is 4.84. The van der Waals surface area contributed by atoms with Gasteiger partial charge in [-0.15, -0.1) is 0 Å². The lowest BCUT2D eigenvalue weighted by Gasteiger charge is -2.29. The van der Waals surface area contributed by atoms with Crippen molar-refractivity contribution >= 4 is 143 Å². The van der Waals surface area contributed by atoms with Gasteiger partial charge in [0.25, 0.3) is 0 Å². The van der Waals surface area contributed by atoms with Crippen molar-refractivity contribution in [2.75, 3.05) is 9.80 Å². The number of fused-ring (bicyclic) bond motifs is 16. The zero-order chi connectivity index (χ0) is 49.8. The molecule has 2 heterocycles. The van der Waals surface area contributed by atoms with Crippen molar-refractivity contribution in [3.8, 4) is 11.1 Å². The van der Waals surface area contributed by atoms with Crippen LogP contribution in [-0.2, 0) is 0 Å². The van der Waals surface area contributed by atoms with Gasteiger partial charge in [-0.1, -0.05) is 206 Å². The average molecular weight is 969 g/mol. The molecule has 0 fully saturated rings. The van der Waals surface area contributed by atoms with Crippen LogP contribution >= 0.6 is 0 Å². The summed E-state index contributed by atoms with van der Waals surface area (Å²) in [6, 6.07) is 96.4. The number of furan rings is 2. The number of benzene rings is 14. The van der Waals surface area contributed by atoms with Crippen molar-refractivity contribution in [2.45, 2.75) is 0 Å². The number of hydrogen-bond donors (Lipinski definition) is 0. The Balaban J connectivity index is 0.900. The van der Waals surface area contributed by atoms with E-state index in [1.807, 2.05) is 0 Å². The zero-order valence-corrected chi connectivity index (χ0v) is 41.1. The minimum absolute atomic E-state index is 0.858. The fourth-order valence-electron chi connectivity index (χ4n) is 12.5. The van der Waals surface area contributed by atoms with Crippen molar-refractivity contribution in [1.29, 1.82) is 0 Å². The molecule has 0 aliphatic heterocycles. The third kappa shape index (κ3) is 6.31. The van der Waals surface area contributed by atoms with Crippen molar-refractivity contribution in [2.24, 2.45) is 0 Å². The third-order valence-electron chi connectivity index (χ3n) is 15.8. The number of nitrogens with zero attached hydrogens (tertiary/aromatic N) is 2. The van der Waals surface area contributed by atoms with Gasteiger partial charge in [0.1, 0.15) is 22.3 Å². The van der Waals surface area contributed by atoms with Crippen LogP contribution in [0.15, 0.2) is 276 Å². The predicted molar refractivity (Wildman–Crippen MR) is 321 cm³/mol. The van der Waals surface area contributed by atoms with E-state index in [0.717, 1.165) is 132 Å². The quantitative estimate of drug-likeness (QED) is 0.159. The highest BCUT2D eigenvalue weighted by molar-refractivity contribution is 6.30. The number of hydrogen-bond acceptors (Lipinski definition) is 4. The summed E-state index contributed by atoms with van der Waals surface area (Å²) in [5, 5.41) is 18.6. The fraction of sp³-hybridized carbons (Fsp3) is 0. The van der Waals surface area contributed by atoms with E-state index in [-0.39, 0.29) is 0 Å². The molecular weight excluding hydrogens is 925 g/mol. The highest BCUT2D eigenvalue weighted by atomic mass is 16.3. The minimum Gasteiger partial charge on any atom is -0.456 e. The van der Waals surface area contributed by atoms with E-state index < -0.39 is 0 Å². The van der Waals surface area contributed by atoms with E-state index in [1.165, 1.54) is 21.5 Å². The summed E-state index contributed by atoms with van der Waals surface area (Å²) in [7, 11) is 0. The first kappa shape index (κ1) is 42.4. The third-order valence-corrected chi connectivity index (χ3v) is 15.8. The molecule has 354 valence electrons. The molecule has 0 radical (unpaired) electrons. The van der Waals surface area contributed by atoms with E-state index in [1.54, 1.807) is 0 Å². The van der Waals surface area contributed by atoms with Gasteiger partial charge in [-0.05, 0) is 103 Å². The van der Waals surface area contributed by atoms with Crippen LogP contribution in [0.3, 0.4) is 0 Å². The Bertz CT molecular complexity index is 4700. The molecule has 0 atom stereocenters. The van der Waals surface area contributed by atoms with Gasteiger partial charge in [-0.25, -0.2) is 0 Å². The largest absolute Gasteiger partial charge is 0.456 e. The molecule has 0 spiro atoms. The zero-order valence-electron chi connectivity index (χ0n) is 41.1. The van der Waals surface area contributed by atoms with E-state index in [2.05, 4.69) is 277 Å². The number of para-hydroxylation sites is 2. The van der Waals surface area contributed by atoms with Crippen LogP contribution in [0.2, 0.25) is 0 Å². The van der Waals surface area contributed by atoms with Gasteiger partial charge in [0.05, 0.1) is 22.7 Å². The van der Waals surface area contributed by atoms with E-state index in [9.17, 15) is 0 Å². The van der Waals surface area contributed by atoms with E-state index in [4.69, 9.17) is 8.83 Å². The maximum Gasteiger partial charge on any atom is 0.138 e. The molecule has 4 nitrogen and oxygen atoms in total. The summed E-state index contributed by atoms with van der Waals surface area (Å²) in [6.45, 7) is 0. The Morgan fingerprint density at radius 1 is 0.211 bits per heavy atom. The standard InChI is InChI=1S/C72H44N2O2/c1-3-21-47(22-4-1)73(63-43-67-71(59-33-17-15-31-57(59)63)69-49-25-9-7-19-45(49)35-41-65(69)75-67)61-39-37-53(51-27-11-13-29-55(51)61)54-38-40-62(56-30-14-12-28-52(54)56)74(48-23-5-2-6-24-48)64-44-68-72(60-34-18-16-32-58(60)64)70-50-26-10-8-20-46(50)36-42-66(70)76-68/h1-44H. The van der Waals surface area contributed by atoms with Crippen molar-refractivity contribution in [3.63, 3.8) is 0 Å². The Kier molecular flexibility index (Phi) is 9.30. The van der Waals surface area contributed by atoms with Gasteiger partial charge in [0.2, 0.25) is 0 Å². The van der Waals surface area contributed by atoms with Gasteiger partial charge >= 0.3 is 0 Å². The molecule has 14 aromatic carbocycles. The topological polar surface area (TPSA) is 32.8 Å². The van der Waals surface area contributed by atoms with Gasteiger partial charge < -0.3 is 18.6 Å². The average Bonchev–Trinajstić information content (AvgIpc) is 4.18. The Labute approximate surface area is 437 Å². The summed E-state index contributed by atoms with van der Waals surface area (Å²) < 4.78 is 13.7. The lowest BCUT2D eigenvalue weighted by atomic mass is 9.91. The first-order valence-electron chi connectivity index (χ1n) is 26.0. The first-order chi connectivity index (χ1) is 37.7. The molecule has 0 aliphatic rings. The molecular formula is C72H44N2O2. The van der Waals surface area contributed by atoms with Crippen LogP contribution in [0.5, 0.6) is 0 Å². The van der Waals surface area contributed by atoms with Crippen LogP contribution in [0.1, 0.15) is 0 Å². The molecule has 0 aliphatic carbocycles. The number of rotatable bonds is 7. The van der Waals surface area contributed by atoms with Crippen molar-refractivity contribution in [1.82, 2.24) is 0 Å². The van der Waals surface area contributed by atoms with E-state index >= 15 is 0 Å². The summed E-state index contributed by atoms with van der Waals surface area (Å²) >= 11 is 0. The lowest BCUT2D eigenvalue weighted by molar-refractivity contribution is 0.669. The summed E-state index contributed by atoms with van der Waals surface area (Å²) in [5.74, 6) is 0. The van der Waals surface area contributed by atoms with E-state index in [0.29, 0.717) is 0 Å². The smallest absolute Gasteiger partial charge is 0.138 e. The Hall–Kier alpha value is -10.2. The molecule has 0 saturated heterocycles. The van der Waals surface area contributed by atoms with Crippen molar-refractivity contribution in [3.05, 3.63) is 267 Å². The van der Waals surface area contributed by atoms with Crippen LogP contribution in [0, 0.1) is 0 Å². The molecule has 16 aromatic rings. The van der Waals surface area contributed by atoms with Gasteiger partial charge in [0, 0.05) is 66.6 Å². The second kappa shape index (κ2) is 16.7. The maximum absolute atomic E-state index is 6.85. The van der Waals surface area contributed by atoms with Crippen LogP contribution in [0.4, 0.5) is 34.1 Å². The fourth-order valence-corrected chi connectivity index (χ4v) is 12.5. The highest BCUT2D eigenvalue weighted by Gasteiger charge is 2.26. The number of anilines is 6. The molecule has 4 heteroatoms. The molecule has 0 unspecified atom stereocenters. The summed E-state index contributed by atoms with van der Waals surface area (Å²) in [6.07, 6.45) is 0. The Morgan fingerprint density at radius 2 is 0.526 bits per heavy atom. The van der Waals surface area contributed by atoms with Crippen LogP contribution < -0.4 is 9.80 Å². The molecule has 0 saturated carbocycles. The molecule has 0 bridgehead atoms. The van der Waals surface area contributed by atoms with Crippen LogP contribution in [0.25, 0.3) is 120 Å². The SMILES string of the molecule is c1ccc(N(c2ccc(-c3ccc(N(c4ccccc4)c4cc5oc6ccc7ccccc7c6c5c5ccccc45)c4ccccc34)c3ccccc23)c2cc3oc4ccc5ccccc5c4c3c3ccccc23)cc1. The Morgan fingerprint density at radius 3 is 0.934 bits per heavy atom. The second-order valence-corrected chi connectivity index (χ2v) is 19.9. The van der Waals surface area contributed by atoms with Gasteiger partial charge in [0.15, 0.2) is 0 Å². The molecule has 0 amide bonds. The lowest BCUT2D eigenvalue weighted by Crippen LogP contribution is -2.11. The van der Waals surface area contributed by atoms with Crippen molar-refractivity contribution < 1.29 is 8.83 Å². The molecule has 2 aromatic heterocycles. The maximum atomic E-state index is 6.85. The highest BCUT2D eigenvalue weighted by Crippen LogP contribution is 2.51. The van der Waals surface area contributed by atoms with Gasteiger partial charge in [-0.3, -0.25) is 0 Å². The van der Waals surface area contributed by atoms with Gasteiger partial charge in [-0.2, -0.15) is 0 Å². The monoisotopic (exact) mass is 968 g/mol. The molecule has 76 heavy (non-hydrogen) atoms. The molecule has 16 rings (SSSR count). The van der Waals surface area contributed by atoms with Crippen LogP contribution in [-0.4, -0.2) is 0 Å².